The van der Waals surface area contributed by atoms with Crippen LogP contribution in [-0.4, -0.2) is 27.3 Å². The van der Waals surface area contributed by atoms with Gasteiger partial charge in [-0.25, -0.2) is 9.50 Å². The molecular formula is C27H20N4O3. The Morgan fingerprint density at radius 2 is 1.59 bits per heavy atom. The SMILES string of the molecule is O=C(NCc1ccc2c(c1)OCO2)c1cc2nc(-c3ccccc3)cc(-c3ccccc3)n2n1. The molecule has 3 aromatic carbocycles. The first-order chi connectivity index (χ1) is 16.7. The molecule has 0 saturated heterocycles. The number of hydrogen-bond acceptors (Lipinski definition) is 5. The summed E-state index contributed by atoms with van der Waals surface area (Å²) >= 11 is 0. The van der Waals surface area contributed by atoms with Gasteiger partial charge in [-0.2, -0.15) is 5.10 Å². The van der Waals surface area contributed by atoms with Crippen LogP contribution in [0.4, 0.5) is 0 Å². The minimum absolute atomic E-state index is 0.216. The van der Waals surface area contributed by atoms with E-state index in [-0.39, 0.29) is 12.7 Å². The maximum atomic E-state index is 13.0. The Kier molecular flexibility index (Phi) is 4.92. The van der Waals surface area contributed by atoms with Crippen LogP contribution in [0, 0.1) is 0 Å². The highest BCUT2D eigenvalue weighted by Gasteiger charge is 2.17. The zero-order valence-electron chi connectivity index (χ0n) is 18.1. The van der Waals surface area contributed by atoms with Crippen LogP contribution in [0.25, 0.3) is 28.2 Å². The summed E-state index contributed by atoms with van der Waals surface area (Å²) < 4.78 is 12.5. The van der Waals surface area contributed by atoms with Gasteiger partial charge in [-0.05, 0) is 23.8 Å². The third-order valence-corrected chi connectivity index (χ3v) is 5.69. The van der Waals surface area contributed by atoms with E-state index >= 15 is 0 Å². The van der Waals surface area contributed by atoms with E-state index in [1.54, 1.807) is 10.6 Å². The molecule has 0 saturated carbocycles. The highest BCUT2D eigenvalue weighted by atomic mass is 16.7. The molecule has 6 rings (SSSR count). The molecule has 0 bridgehead atoms. The van der Waals surface area contributed by atoms with Gasteiger partial charge >= 0.3 is 0 Å². The van der Waals surface area contributed by atoms with E-state index < -0.39 is 0 Å². The fourth-order valence-corrected chi connectivity index (χ4v) is 3.98. The average Bonchev–Trinajstić information content (AvgIpc) is 3.54. The highest BCUT2D eigenvalue weighted by molar-refractivity contribution is 5.93. The van der Waals surface area contributed by atoms with Gasteiger partial charge in [-0.3, -0.25) is 4.79 Å². The number of amides is 1. The van der Waals surface area contributed by atoms with Gasteiger partial charge in [-0.15, -0.1) is 0 Å². The van der Waals surface area contributed by atoms with Crippen LogP contribution >= 0.6 is 0 Å². The molecule has 1 N–H and O–H groups in total. The standard InChI is InChI=1S/C27H20N4O3/c32-27(28-16-18-11-12-24-25(13-18)34-17-33-24)22-15-26-29-21(19-7-3-1-4-8-19)14-23(31(26)30-22)20-9-5-2-6-10-20/h1-15H,16-17H2,(H,28,32). The molecule has 2 aromatic heterocycles. The van der Waals surface area contributed by atoms with Gasteiger partial charge in [0.05, 0.1) is 11.4 Å². The topological polar surface area (TPSA) is 77.8 Å². The minimum atomic E-state index is -0.275. The van der Waals surface area contributed by atoms with Crippen molar-refractivity contribution < 1.29 is 14.3 Å². The predicted octanol–water partition coefficient (Wildman–Crippen LogP) is 4.72. The van der Waals surface area contributed by atoms with Gasteiger partial charge in [0.25, 0.3) is 5.91 Å². The van der Waals surface area contributed by atoms with Crippen molar-refractivity contribution in [2.24, 2.45) is 0 Å². The first-order valence-electron chi connectivity index (χ1n) is 10.9. The lowest BCUT2D eigenvalue weighted by Gasteiger charge is -2.08. The number of carbonyl (C=O) groups excluding carboxylic acids is 1. The first kappa shape index (κ1) is 20.0. The molecule has 0 aliphatic carbocycles. The zero-order valence-corrected chi connectivity index (χ0v) is 18.1. The van der Waals surface area contributed by atoms with Crippen molar-refractivity contribution >= 4 is 11.6 Å². The lowest BCUT2D eigenvalue weighted by atomic mass is 10.1. The molecule has 0 unspecified atom stereocenters. The maximum Gasteiger partial charge on any atom is 0.272 e. The molecule has 0 atom stereocenters. The fourth-order valence-electron chi connectivity index (χ4n) is 3.98. The Hall–Kier alpha value is -4.65. The van der Waals surface area contributed by atoms with Crippen molar-refractivity contribution in [3.63, 3.8) is 0 Å². The molecule has 0 fully saturated rings. The van der Waals surface area contributed by atoms with Crippen molar-refractivity contribution in [3.05, 3.63) is 102 Å². The number of ether oxygens (including phenoxy) is 2. The normalized spacial score (nSPS) is 12.1. The van der Waals surface area contributed by atoms with Gasteiger partial charge in [0.1, 0.15) is 0 Å². The summed E-state index contributed by atoms with van der Waals surface area (Å²) in [5.74, 6) is 1.12. The second-order valence-electron chi connectivity index (χ2n) is 7.93. The molecular weight excluding hydrogens is 428 g/mol. The van der Waals surface area contributed by atoms with E-state index in [0.717, 1.165) is 28.1 Å². The van der Waals surface area contributed by atoms with E-state index in [1.807, 2.05) is 84.9 Å². The number of nitrogens with zero attached hydrogens (tertiary/aromatic N) is 3. The summed E-state index contributed by atoms with van der Waals surface area (Å²) in [6, 6.07) is 29.3. The van der Waals surface area contributed by atoms with Crippen LogP contribution in [0.15, 0.2) is 91.0 Å². The third kappa shape index (κ3) is 3.73. The average molecular weight is 448 g/mol. The Bertz CT molecular complexity index is 1500. The molecule has 1 aliphatic rings. The van der Waals surface area contributed by atoms with E-state index in [0.29, 0.717) is 29.4 Å². The number of hydrogen-bond donors (Lipinski definition) is 1. The van der Waals surface area contributed by atoms with Crippen molar-refractivity contribution in [1.82, 2.24) is 19.9 Å². The van der Waals surface area contributed by atoms with Crippen LogP contribution in [0.5, 0.6) is 11.5 Å². The van der Waals surface area contributed by atoms with Crippen molar-refractivity contribution in [2.75, 3.05) is 6.79 Å². The molecule has 7 heteroatoms. The van der Waals surface area contributed by atoms with Gasteiger partial charge in [-0.1, -0.05) is 66.7 Å². The summed E-state index contributed by atoms with van der Waals surface area (Å²) in [4.78, 5) is 17.7. The van der Waals surface area contributed by atoms with Gasteiger partial charge in [0, 0.05) is 23.7 Å². The summed E-state index contributed by atoms with van der Waals surface area (Å²) in [6.07, 6.45) is 0. The second-order valence-corrected chi connectivity index (χ2v) is 7.93. The summed E-state index contributed by atoms with van der Waals surface area (Å²) in [5.41, 5.74) is 5.48. The Balaban J connectivity index is 1.34. The van der Waals surface area contributed by atoms with Gasteiger partial charge in [0.2, 0.25) is 6.79 Å². The molecule has 1 amide bonds. The molecule has 34 heavy (non-hydrogen) atoms. The Morgan fingerprint density at radius 3 is 2.38 bits per heavy atom. The monoisotopic (exact) mass is 448 g/mol. The van der Waals surface area contributed by atoms with Crippen molar-refractivity contribution in [1.29, 1.82) is 0 Å². The highest BCUT2D eigenvalue weighted by Crippen LogP contribution is 2.32. The molecule has 0 radical (unpaired) electrons. The third-order valence-electron chi connectivity index (χ3n) is 5.69. The van der Waals surface area contributed by atoms with Crippen LogP contribution < -0.4 is 14.8 Å². The lowest BCUT2D eigenvalue weighted by Crippen LogP contribution is -2.23. The maximum absolute atomic E-state index is 13.0. The van der Waals surface area contributed by atoms with Crippen LogP contribution in [0.2, 0.25) is 0 Å². The zero-order chi connectivity index (χ0) is 22.9. The van der Waals surface area contributed by atoms with Crippen LogP contribution in [0.1, 0.15) is 16.1 Å². The summed E-state index contributed by atoms with van der Waals surface area (Å²) in [6.45, 7) is 0.561. The van der Waals surface area contributed by atoms with E-state index in [9.17, 15) is 4.79 Å². The van der Waals surface area contributed by atoms with Crippen LogP contribution in [0.3, 0.4) is 0 Å². The smallest absolute Gasteiger partial charge is 0.272 e. The quantitative estimate of drug-likeness (QED) is 0.421. The van der Waals surface area contributed by atoms with Crippen molar-refractivity contribution in [3.8, 4) is 34.0 Å². The Morgan fingerprint density at radius 1 is 0.853 bits per heavy atom. The summed E-state index contributed by atoms with van der Waals surface area (Å²) in [7, 11) is 0. The molecule has 7 nitrogen and oxygen atoms in total. The number of fused-ring (bicyclic) bond motifs is 2. The largest absolute Gasteiger partial charge is 0.454 e. The van der Waals surface area contributed by atoms with E-state index in [2.05, 4.69) is 10.4 Å². The second kappa shape index (κ2) is 8.37. The number of nitrogens with one attached hydrogen (secondary N) is 1. The molecule has 0 spiro atoms. The molecule has 166 valence electrons. The fraction of sp³-hybridized carbons (Fsp3) is 0.0741. The van der Waals surface area contributed by atoms with Gasteiger partial charge < -0.3 is 14.8 Å². The first-order valence-corrected chi connectivity index (χ1v) is 10.9. The number of rotatable bonds is 5. The predicted molar refractivity (Wildman–Crippen MR) is 128 cm³/mol. The van der Waals surface area contributed by atoms with Crippen molar-refractivity contribution in [2.45, 2.75) is 6.54 Å². The molecule has 5 aromatic rings. The van der Waals surface area contributed by atoms with E-state index in [1.165, 1.54) is 0 Å². The lowest BCUT2D eigenvalue weighted by molar-refractivity contribution is 0.0945. The van der Waals surface area contributed by atoms with E-state index in [4.69, 9.17) is 14.5 Å². The van der Waals surface area contributed by atoms with Gasteiger partial charge in [0.15, 0.2) is 22.8 Å². The number of benzene rings is 3. The van der Waals surface area contributed by atoms with Crippen LogP contribution in [-0.2, 0) is 6.54 Å². The molecule has 3 heterocycles. The number of carbonyl (C=O) groups is 1. The minimum Gasteiger partial charge on any atom is -0.454 e. The molecule has 1 aliphatic heterocycles. The Labute approximate surface area is 195 Å². The number of aromatic nitrogens is 3. The summed E-state index contributed by atoms with van der Waals surface area (Å²) in [5, 5.41) is 7.53.